The van der Waals surface area contributed by atoms with Crippen molar-refractivity contribution in [2.75, 3.05) is 18.8 Å². The third-order valence-electron chi connectivity index (χ3n) is 3.52. The van der Waals surface area contributed by atoms with Gasteiger partial charge in [-0.25, -0.2) is 0 Å². The van der Waals surface area contributed by atoms with Gasteiger partial charge in [0.05, 0.1) is 5.56 Å². The zero-order valence-corrected chi connectivity index (χ0v) is 10.8. The van der Waals surface area contributed by atoms with Crippen LogP contribution in [0.5, 0.6) is 0 Å². The van der Waals surface area contributed by atoms with Gasteiger partial charge in [0, 0.05) is 18.8 Å². The number of nitrogens with zero attached hydrogens (tertiary/aromatic N) is 1. The van der Waals surface area contributed by atoms with E-state index in [1.165, 1.54) is 0 Å². The fourth-order valence-electron chi connectivity index (χ4n) is 2.32. The molecule has 0 aliphatic carbocycles. The number of amides is 1. The molecule has 1 amide bonds. The van der Waals surface area contributed by atoms with Crippen LogP contribution in [0.2, 0.25) is 0 Å². The van der Waals surface area contributed by atoms with E-state index in [1.807, 2.05) is 30.0 Å². The Labute approximate surface area is 103 Å². The Morgan fingerprint density at radius 1 is 1.41 bits per heavy atom. The molecule has 0 spiro atoms. The second-order valence-corrected chi connectivity index (χ2v) is 5.68. The van der Waals surface area contributed by atoms with E-state index in [-0.39, 0.29) is 11.3 Å². The molecule has 2 N–H and O–H groups in total. The molecular formula is C14H20N2O. The van der Waals surface area contributed by atoms with Crippen molar-refractivity contribution < 1.29 is 4.79 Å². The lowest BCUT2D eigenvalue weighted by molar-refractivity contribution is 0.0779. The van der Waals surface area contributed by atoms with Gasteiger partial charge in [-0.3, -0.25) is 4.79 Å². The van der Waals surface area contributed by atoms with Crippen LogP contribution in [0.1, 0.15) is 36.2 Å². The van der Waals surface area contributed by atoms with E-state index >= 15 is 0 Å². The highest BCUT2D eigenvalue weighted by atomic mass is 16.2. The Balaban J connectivity index is 2.24. The Hall–Kier alpha value is -1.51. The maximum atomic E-state index is 12.4. The summed E-state index contributed by atoms with van der Waals surface area (Å²) in [6.07, 6.45) is 1.06. The van der Waals surface area contributed by atoms with Crippen LogP contribution in [0.3, 0.4) is 0 Å². The Kier molecular flexibility index (Phi) is 2.86. The Bertz CT molecular complexity index is 452. The number of carbonyl (C=O) groups excluding carboxylic acids is 1. The summed E-state index contributed by atoms with van der Waals surface area (Å²) in [5.74, 6) is 0.0665. The summed E-state index contributed by atoms with van der Waals surface area (Å²) in [6, 6.07) is 5.64. The molecule has 1 aromatic carbocycles. The number of nitrogen functional groups attached to an aromatic ring is 1. The van der Waals surface area contributed by atoms with Crippen LogP contribution in [0.25, 0.3) is 0 Å². The van der Waals surface area contributed by atoms with Gasteiger partial charge >= 0.3 is 0 Å². The van der Waals surface area contributed by atoms with Gasteiger partial charge in [-0.05, 0) is 30.4 Å². The van der Waals surface area contributed by atoms with E-state index in [1.54, 1.807) is 0 Å². The monoisotopic (exact) mass is 232 g/mol. The second-order valence-electron chi connectivity index (χ2n) is 5.68. The lowest BCUT2D eigenvalue weighted by atomic mass is 9.93. The van der Waals surface area contributed by atoms with Crippen LogP contribution >= 0.6 is 0 Å². The molecule has 2 rings (SSSR count). The van der Waals surface area contributed by atoms with E-state index in [0.717, 1.165) is 25.1 Å². The average molecular weight is 232 g/mol. The lowest BCUT2D eigenvalue weighted by Gasteiger charge is -2.20. The van der Waals surface area contributed by atoms with E-state index in [0.29, 0.717) is 11.3 Å². The first kappa shape index (κ1) is 12.0. The van der Waals surface area contributed by atoms with Crippen LogP contribution in [0, 0.1) is 12.3 Å². The van der Waals surface area contributed by atoms with E-state index in [9.17, 15) is 4.79 Å². The molecule has 1 heterocycles. The van der Waals surface area contributed by atoms with Gasteiger partial charge in [-0.2, -0.15) is 0 Å². The third-order valence-corrected chi connectivity index (χ3v) is 3.52. The number of nitrogens with two attached hydrogens (primary N) is 1. The number of anilines is 1. The minimum absolute atomic E-state index is 0.0665. The summed E-state index contributed by atoms with van der Waals surface area (Å²) in [4.78, 5) is 14.3. The van der Waals surface area contributed by atoms with E-state index < -0.39 is 0 Å². The zero-order valence-electron chi connectivity index (χ0n) is 10.8. The molecular weight excluding hydrogens is 212 g/mol. The molecule has 1 aliphatic heterocycles. The molecule has 0 saturated carbocycles. The van der Waals surface area contributed by atoms with E-state index in [2.05, 4.69) is 13.8 Å². The largest absolute Gasteiger partial charge is 0.398 e. The van der Waals surface area contributed by atoms with Crippen molar-refractivity contribution >= 4 is 11.6 Å². The molecule has 0 atom stereocenters. The van der Waals surface area contributed by atoms with Crippen molar-refractivity contribution in [3.05, 3.63) is 29.3 Å². The zero-order chi connectivity index (χ0) is 12.6. The number of para-hydroxylation sites is 1. The van der Waals surface area contributed by atoms with Crippen LogP contribution < -0.4 is 5.73 Å². The second kappa shape index (κ2) is 4.06. The Morgan fingerprint density at radius 2 is 2.12 bits per heavy atom. The van der Waals surface area contributed by atoms with Gasteiger partial charge < -0.3 is 10.6 Å². The number of aryl methyl sites for hydroxylation is 1. The quantitative estimate of drug-likeness (QED) is 0.756. The van der Waals surface area contributed by atoms with Crippen molar-refractivity contribution in [2.24, 2.45) is 5.41 Å². The molecule has 0 bridgehead atoms. The summed E-state index contributed by atoms with van der Waals surface area (Å²) >= 11 is 0. The molecule has 1 aromatic rings. The first-order chi connectivity index (χ1) is 7.91. The molecule has 1 saturated heterocycles. The van der Waals surface area contributed by atoms with Crippen molar-refractivity contribution in [1.82, 2.24) is 4.90 Å². The maximum Gasteiger partial charge on any atom is 0.255 e. The van der Waals surface area contributed by atoms with Crippen molar-refractivity contribution in [2.45, 2.75) is 27.2 Å². The first-order valence-electron chi connectivity index (χ1n) is 6.05. The normalized spacial score (nSPS) is 18.4. The first-order valence-corrected chi connectivity index (χ1v) is 6.05. The SMILES string of the molecule is Cc1cccc(C(=O)N2CCC(C)(C)C2)c1N. The molecule has 1 fully saturated rings. The molecule has 3 nitrogen and oxygen atoms in total. The molecule has 3 heteroatoms. The smallest absolute Gasteiger partial charge is 0.255 e. The van der Waals surface area contributed by atoms with Crippen molar-refractivity contribution in [1.29, 1.82) is 0 Å². The fraction of sp³-hybridized carbons (Fsp3) is 0.500. The summed E-state index contributed by atoms with van der Waals surface area (Å²) in [5.41, 5.74) is 8.42. The van der Waals surface area contributed by atoms with Crippen LogP contribution in [0.15, 0.2) is 18.2 Å². The standard InChI is InChI=1S/C14H20N2O/c1-10-5-4-6-11(12(10)15)13(17)16-8-7-14(2,3)9-16/h4-6H,7-9,15H2,1-3H3. The predicted octanol–water partition coefficient (Wildman–Crippen LogP) is 2.45. The van der Waals surface area contributed by atoms with Gasteiger partial charge in [0.15, 0.2) is 0 Å². The molecule has 17 heavy (non-hydrogen) atoms. The highest BCUT2D eigenvalue weighted by Crippen LogP contribution is 2.30. The summed E-state index contributed by atoms with van der Waals surface area (Å²) < 4.78 is 0. The fourth-order valence-corrected chi connectivity index (χ4v) is 2.32. The Morgan fingerprint density at radius 3 is 2.71 bits per heavy atom. The minimum atomic E-state index is 0.0665. The number of carbonyl (C=O) groups is 1. The topological polar surface area (TPSA) is 46.3 Å². The van der Waals surface area contributed by atoms with Gasteiger partial charge in [0.1, 0.15) is 0 Å². The highest BCUT2D eigenvalue weighted by molar-refractivity contribution is 5.99. The maximum absolute atomic E-state index is 12.4. The number of benzene rings is 1. The number of rotatable bonds is 1. The van der Waals surface area contributed by atoms with Crippen molar-refractivity contribution in [3.8, 4) is 0 Å². The van der Waals surface area contributed by atoms with Crippen LogP contribution in [-0.2, 0) is 0 Å². The summed E-state index contributed by atoms with van der Waals surface area (Å²) in [7, 11) is 0. The highest BCUT2D eigenvalue weighted by Gasteiger charge is 2.32. The lowest BCUT2D eigenvalue weighted by Crippen LogP contribution is -2.30. The molecule has 0 radical (unpaired) electrons. The van der Waals surface area contributed by atoms with E-state index in [4.69, 9.17) is 5.73 Å². The summed E-state index contributed by atoms with van der Waals surface area (Å²) in [6.45, 7) is 7.97. The van der Waals surface area contributed by atoms with Gasteiger partial charge in [-0.15, -0.1) is 0 Å². The summed E-state index contributed by atoms with van der Waals surface area (Å²) in [5, 5.41) is 0. The van der Waals surface area contributed by atoms with Gasteiger partial charge in [-0.1, -0.05) is 26.0 Å². The minimum Gasteiger partial charge on any atom is -0.398 e. The number of likely N-dealkylation sites (tertiary alicyclic amines) is 1. The number of hydrogen-bond acceptors (Lipinski definition) is 2. The molecule has 1 aliphatic rings. The van der Waals surface area contributed by atoms with Gasteiger partial charge in [0.25, 0.3) is 5.91 Å². The van der Waals surface area contributed by atoms with Crippen molar-refractivity contribution in [3.63, 3.8) is 0 Å². The van der Waals surface area contributed by atoms with Crippen LogP contribution in [0.4, 0.5) is 5.69 Å². The average Bonchev–Trinajstić information content (AvgIpc) is 2.62. The third kappa shape index (κ3) is 2.28. The van der Waals surface area contributed by atoms with Gasteiger partial charge in [0.2, 0.25) is 0 Å². The predicted molar refractivity (Wildman–Crippen MR) is 69.9 cm³/mol. The molecule has 0 unspecified atom stereocenters. The molecule has 92 valence electrons. The number of hydrogen-bond donors (Lipinski definition) is 1. The molecule has 0 aromatic heterocycles. The van der Waals surface area contributed by atoms with Crippen LogP contribution in [-0.4, -0.2) is 23.9 Å².